The summed E-state index contributed by atoms with van der Waals surface area (Å²) in [4.78, 5) is 22.5. The van der Waals surface area contributed by atoms with E-state index in [9.17, 15) is 14.9 Å². The molecule has 3 rings (SSSR count). The van der Waals surface area contributed by atoms with Gasteiger partial charge >= 0.3 is 5.69 Å². The maximum atomic E-state index is 12.1. The molecule has 1 N–H and O–H groups in total. The van der Waals surface area contributed by atoms with E-state index >= 15 is 0 Å². The van der Waals surface area contributed by atoms with Gasteiger partial charge in [0.15, 0.2) is 0 Å². The Morgan fingerprint density at radius 3 is 2.87 bits per heavy atom. The summed E-state index contributed by atoms with van der Waals surface area (Å²) in [5.74, 6) is 2.27. The molecule has 4 atom stereocenters. The fraction of sp³-hybridized carbons (Fsp3) is 0.750. The molecule has 7 heteroatoms. The van der Waals surface area contributed by atoms with Crippen LogP contribution in [-0.4, -0.2) is 26.7 Å². The van der Waals surface area contributed by atoms with E-state index in [4.69, 9.17) is 0 Å². The van der Waals surface area contributed by atoms with E-state index in [1.807, 2.05) is 0 Å². The molecule has 2 aliphatic carbocycles. The van der Waals surface area contributed by atoms with Crippen molar-refractivity contribution in [2.45, 2.75) is 58.5 Å². The largest absolute Gasteiger partial charge is 0.353 e. The maximum Gasteiger partial charge on any atom is 0.309 e. The van der Waals surface area contributed by atoms with E-state index in [1.165, 1.54) is 36.6 Å². The van der Waals surface area contributed by atoms with Gasteiger partial charge in [-0.25, -0.2) is 0 Å². The Bertz CT molecular complexity index is 612. The van der Waals surface area contributed by atoms with Gasteiger partial charge in [-0.1, -0.05) is 6.42 Å². The molecule has 7 nitrogen and oxygen atoms in total. The SMILES string of the molecule is Cc1nn(CCC(=O)N[C@@H](C)[C@@H]2C[C@@H]3CC[C@@H]2C3)cc1[N+](=O)[O-]. The molecule has 1 aromatic heterocycles. The van der Waals surface area contributed by atoms with Crippen LogP contribution in [0.3, 0.4) is 0 Å². The van der Waals surface area contributed by atoms with Gasteiger partial charge in [-0.3, -0.25) is 19.6 Å². The zero-order valence-electron chi connectivity index (χ0n) is 13.7. The number of rotatable bonds is 6. The van der Waals surface area contributed by atoms with Gasteiger partial charge in [-0.15, -0.1) is 0 Å². The first-order valence-electron chi connectivity index (χ1n) is 8.42. The first kappa shape index (κ1) is 16.0. The normalized spacial score (nSPS) is 27.1. The van der Waals surface area contributed by atoms with Crippen molar-refractivity contribution in [3.8, 4) is 0 Å². The van der Waals surface area contributed by atoms with E-state index in [0.29, 0.717) is 24.6 Å². The molecule has 1 heterocycles. The van der Waals surface area contributed by atoms with Crippen LogP contribution in [0.2, 0.25) is 0 Å². The van der Waals surface area contributed by atoms with Gasteiger partial charge in [0.25, 0.3) is 0 Å². The number of hydrogen-bond donors (Lipinski definition) is 1. The van der Waals surface area contributed by atoms with Gasteiger partial charge in [0.2, 0.25) is 5.91 Å². The average Bonchev–Trinajstić information content (AvgIpc) is 3.19. The Kier molecular flexibility index (Phi) is 4.37. The van der Waals surface area contributed by atoms with Gasteiger partial charge in [-0.2, -0.15) is 5.10 Å². The summed E-state index contributed by atoms with van der Waals surface area (Å²) < 4.78 is 1.48. The molecule has 0 aromatic carbocycles. The highest BCUT2D eigenvalue weighted by molar-refractivity contribution is 5.76. The minimum atomic E-state index is -0.448. The van der Waals surface area contributed by atoms with Gasteiger partial charge in [0, 0.05) is 19.0 Å². The van der Waals surface area contributed by atoms with Crippen LogP contribution in [0.1, 0.15) is 44.7 Å². The second kappa shape index (κ2) is 6.29. The van der Waals surface area contributed by atoms with Crippen molar-refractivity contribution in [3.05, 3.63) is 22.0 Å². The zero-order valence-corrected chi connectivity index (χ0v) is 13.7. The lowest BCUT2D eigenvalue weighted by atomic mass is 9.84. The summed E-state index contributed by atoms with van der Waals surface area (Å²) in [5, 5.41) is 18.0. The van der Waals surface area contributed by atoms with E-state index < -0.39 is 4.92 Å². The van der Waals surface area contributed by atoms with Crippen molar-refractivity contribution in [1.29, 1.82) is 0 Å². The predicted molar refractivity (Wildman–Crippen MR) is 84.8 cm³/mol. The molecule has 0 unspecified atom stereocenters. The van der Waals surface area contributed by atoms with Crippen molar-refractivity contribution >= 4 is 11.6 Å². The predicted octanol–water partition coefficient (Wildman–Crippen LogP) is 2.43. The van der Waals surface area contributed by atoms with E-state index in [0.717, 1.165) is 11.8 Å². The van der Waals surface area contributed by atoms with Crippen molar-refractivity contribution < 1.29 is 9.72 Å². The third kappa shape index (κ3) is 3.38. The Hall–Kier alpha value is -1.92. The molecular weight excluding hydrogens is 296 g/mol. The monoisotopic (exact) mass is 320 g/mol. The van der Waals surface area contributed by atoms with Gasteiger partial charge in [-0.05, 0) is 50.9 Å². The molecule has 2 saturated carbocycles. The van der Waals surface area contributed by atoms with Crippen molar-refractivity contribution in [2.75, 3.05) is 0 Å². The molecular formula is C16H24N4O3. The topological polar surface area (TPSA) is 90.1 Å². The van der Waals surface area contributed by atoms with Crippen LogP contribution in [0, 0.1) is 34.8 Å². The van der Waals surface area contributed by atoms with Crippen molar-refractivity contribution in [3.63, 3.8) is 0 Å². The Balaban J connectivity index is 1.48. The molecule has 0 aliphatic heterocycles. The minimum Gasteiger partial charge on any atom is -0.353 e. The van der Waals surface area contributed by atoms with Crippen LogP contribution in [0.25, 0.3) is 0 Å². The quantitative estimate of drug-likeness (QED) is 0.644. The second-order valence-corrected chi connectivity index (χ2v) is 7.06. The Morgan fingerprint density at radius 1 is 1.52 bits per heavy atom. The zero-order chi connectivity index (χ0) is 16.6. The van der Waals surface area contributed by atoms with Gasteiger partial charge in [0.05, 0.1) is 4.92 Å². The highest BCUT2D eigenvalue weighted by atomic mass is 16.6. The van der Waals surface area contributed by atoms with Gasteiger partial charge < -0.3 is 5.32 Å². The minimum absolute atomic E-state index is 0.000701. The second-order valence-electron chi connectivity index (χ2n) is 7.06. The summed E-state index contributed by atoms with van der Waals surface area (Å²) in [6.07, 6.45) is 6.94. The molecule has 2 aliphatic rings. The lowest BCUT2D eigenvalue weighted by Gasteiger charge is -2.28. The van der Waals surface area contributed by atoms with Crippen LogP contribution >= 0.6 is 0 Å². The molecule has 1 amide bonds. The van der Waals surface area contributed by atoms with Crippen LogP contribution in [0.15, 0.2) is 6.20 Å². The Labute approximate surface area is 135 Å². The standard InChI is InChI=1S/C16H24N4O3/c1-10(14-8-12-3-4-13(14)7-12)17-16(21)5-6-19-9-15(20(22)23)11(2)18-19/h9-10,12-14H,3-8H2,1-2H3,(H,17,21)/t10-,12+,13+,14-/m0/s1. The van der Waals surface area contributed by atoms with Crippen LogP contribution in [0.4, 0.5) is 5.69 Å². The number of hydrogen-bond acceptors (Lipinski definition) is 4. The number of nitrogens with one attached hydrogen (secondary N) is 1. The molecule has 0 spiro atoms. The fourth-order valence-electron chi connectivity index (χ4n) is 4.36. The molecule has 1 aromatic rings. The highest BCUT2D eigenvalue weighted by Gasteiger charge is 2.42. The number of nitro groups is 1. The third-order valence-electron chi connectivity index (χ3n) is 5.51. The third-order valence-corrected chi connectivity index (χ3v) is 5.51. The van der Waals surface area contributed by atoms with Gasteiger partial charge in [0.1, 0.15) is 11.9 Å². The first-order chi connectivity index (χ1) is 10.9. The number of nitrogens with zero attached hydrogens (tertiary/aromatic N) is 3. The summed E-state index contributed by atoms with van der Waals surface area (Å²) in [6.45, 7) is 4.07. The number of carbonyl (C=O) groups excluding carboxylic acids is 1. The summed E-state index contributed by atoms with van der Waals surface area (Å²) in [6, 6.07) is 0.214. The molecule has 2 fully saturated rings. The number of aromatic nitrogens is 2. The van der Waals surface area contributed by atoms with Crippen molar-refractivity contribution in [1.82, 2.24) is 15.1 Å². The highest BCUT2D eigenvalue weighted by Crippen LogP contribution is 2.49. The van der Waals surface area contributed by atoms with E-state index in [-0.39, 0.29) is 17.6 Å². The molecule has 126 valence electrons. The lowest BCUT2D eigenvalue weighted by Crippen LogP contribution is -2.40. The Morgan fingerprint density at radius 2 is 2.30 bits per heavy atom. The fourth-order valence-corrected chi connectivity index (χ4v) is 4.36. The summed E-state index contributed by atoms with van der Waals surface area (Å²) >= 11 is 0. The van der Waals surface area contributed by atoms with Crippen LogP contribution in [-0.2, 0) is 11.3 Å². The molecule has 2 bridgehead atoms. The summed E-state index contributed by atoms with van der Waals surface area (Å²) in [5.41, 5.74) is 0.381. The number of fused-ring (bicyclic) bond motifs is 2. The van der Waals surface area contributed by atoms with Crippen LogP contribution < -0.4 is 5.32 Å². The molecule has 23 heavy (non-hydrogen) atoms. The smallest absolute Gasteiger partial charge is 0.309 e. The molecule has 0 radical (unpaired) electrons. The number of carbonyl (C=O) groups is 1. The van der Waals surface area contributed by atoms with Crippen LogP contribution in [0.5, 0.6) is 0 Å². The number of aryl methyl sites for hydroxylation is 2. The first-order valence-corrected chi connectivity index (χ1v) is 8.42. The maximum absolute atomic E-state index is 12.1. The summed E-state index contributed by atoms with van der Waals surface area (Å²) in [7, 11) is 0. The lowest BCUT2D eigenvalue weighted by molar-refractivity contribution is -0.385. The average molecular weight is 320 g/mol. The van der Waals surface area contributed by atoms with Crippen molar-refractivity contribution in [2.24, 2.45) is 17.8 Å². The van der Waals surface area contributed by atoms with E-state index in [1.54, 1.807) is 6.92 Å². The van der Waals surface area contributed by atoms with E-state index in [2.05, 4.69) is 17.3 Å². The number of amides is 1. The molecule has 0 saturated heterocycles.